The Kier molecular flexibility index (Phi) is 2.19. The van der Waals surface area contributed by atoms with Gasteiger partial charge in [0.15, 0.2) is 5.75 Å². The molecule has 0 fully saturated rings. The summed E-state index contributed by atoms with van der Waals surface area (Å²) in [5.74, 6) is 0.736. The standard InChI is InChI=1S/C13H11N3O/c14-12-7-4-8-13-11(12)9-15-16(13)17-10-5-2-1-3-6-10/h1-9H,14H2. The molecule has 0 spiro atoms. The Morgan fingerprint density at radius 2 is 1.82 bits per heavy atom. The van der Waals surface area contributed by atoms with Crippen LogP contribution in [-0.4, -0.2) is 9.94 Å². The van der Waals surface area contributed by atoms with E-state index in [2.05, 4.69) is 5.10 Å². The molecule has 0 aliphatic carbocycles. The molecule has 84 valence electrons. The van der Waals surface area contributed by atoms with Crippen molar-refractivity contribution in [1.82, 2.24) is 9.94 Å². The Hall–Kier alpha value is -2.49. The number of rotatable bonds is 2. The summed E-state index contributed by atoms with van der Waals surface area (Å²) in [6.07, 6.45) is 1.70. The second-order valence-corrected chi connectivity index (χ2v) is 3.70. The summed E-state index contributed by atoms with van der Waals surface area (Å²) in [6, 6.07) is 15.2. The lowest BCUT2D eigenvalue weighted by atomic mass is 10.2. The minimum atomic E-state index is 0.699. The number of nitrogen functional groups attached to an aromatic ring is 1. The molecule has 4 heteroatoms. The van der Waals surface area contributed by atoms with Crippen LogP contribution in [0.25, 0.3) is 10.9 Å². The average Bonchev–Trinajstić information content (AvgIpc) is 2.76. The maximum Gasteiger partial charge on any atom is 0.157 e. The van der Waals surface area contributed by atoms with E-state index in [1.165, 1.54) is 4.85 Å². The second-order valence-electron chi connectivity index (χ2n) is 3.70. The van der Waals surface area contributed by atoms with Crippen LogP contribution in [0.1, 0.15) is 0 Å². The van der Waals surface area contributed by atoms with Crippen molar-refractivity contribution in [3.63, 3.8) is 0 Å². The van der Waals surface area contributed by atoms with Crippen LogP contribution >= 0.6 is 0 Å². The van der Waals surface area contributed by atoms with Crippen LogP contribution in [0, 0.1) is 0 Å². The molecule has 0 radical (unpaired) electrons. The van der Waals surface area contributed by atoms with E-state index in [0.29, 0.717) is 5.69 Å². The molecule has 2 N–H and O–H groups in total. The number of nitrogens with zero attached hydrogens (tertiary/aromatic N) is 2. The first kappa shape index (κ1) is 9.72. The first-order valence-electron chi connectivity index (χ1n) is 5.30. The topological polar surface area (TPSA) is 53.1 Å². The number of aromatic nitrogens is 2. The molecule has 2 aromatic carbocycles. The molecule has 0 unspecified atom stereocenters. The first-order chi connectivity index (χ1) is 8.34. The SMILES string of the molecule is Nc1cccc2c1cnn2Oc1ccccc1. The maximum absolute atomic E-state index is 5.85. The lowest BCUT2D eigenvalue weighted by Gasteiger charge is -2.05. The molecule has 4 nitrogen and oxygen atoms in total. The van der Waals surface area contributed by atoms with Crippen LogP contribution in [0.15, 0.2) is 54.7 Å². The molecular formula is C13H11N3O. The van der Waals surface area contributed by atoms with E-state index < -0.39 is 0 Å². The lowest BCUT2D eigenvalue weighted by molar-refractivity contribution is 0.191. The third-order valence-electron chi connectivity index (χ3n) is 2.55. The molecule has 0 amide bonds. The van der Waals surface area contributed by atoms with E-state index in [4.69, 9.17) is 10.6 Å². The zero-order valence-corrected chi connectivity index (χ0v) is 9.08. The molecule has 0 saturated heterocycles. The minimum absolute atomic E-state index is 0.699. The highest BCUT2D eigenvalue weighted by Crippen LogP contribution is 2.21. The third-order valence-corrected chi connectivity index (χ3v) is 2.55. The molecule has 1 heterocycles. The summed E-state index contributed by atoms with van der Waals surface area (Å²) < 4.78 is 0. The molecule has 17 heavy (non-hydrogen) atoms. The molecule has 1 aromatic heterocycles. The smallest absolute Gasteiger partial charge is 0.157 e. The lowest BCUT2D eigenvalue weighted by Crippen LogP contribution is -2.06. The molecule has 0 aliphatic heterocycles. The van der Waals surface area contributed by atoms with Crippen LogP contribution in [0.5, 0.6) is 5.75 Å². The van der Waals surface area contributed by atoms with Gasteiger partial charge in [-0.25, -0.2) is 0 Å². The number of hydrogen-bond acceptors (Lipinski definition) is 3. The highest BCUT2D eigenvalue weighted by atomic mass is 16.7. The van der Waals surface area contributed by atoms with Crippen molar-refractivity contribution in [3.05, 3.63) is 54.7 Å². The Balaban J connectivity index is 2.05. The van der Waals surface area contributed by atoms with Gasteiger partial charge in [-0.15, -0.1) is 5.10 Å². The summed E-state index contributed by atoms with van der Waals surface area (Å²) in [7, 11) is 0. The quantitative estimate of drug-likeness (QED) is 0.681. The van der Waals surface area contributed by atoms with Gasteiger partial charge in [0, 0.05) is 11.1 Å². The van der Waals surface area contributed by atoms with E-state index in [-0.39, 0.29) is 0 Å². The average molecular weight is 225 g/mol. The van der Waals surface area contributed by atoms with Crippen LogP contribution in [0.3, 0.4) is 0 Å². The van der Waals surface area contributed by atoms with Gasteiger partial charge in [0.25, 0.3) is 0 Å². The van der Waals surface area contributed by atoms with Gasteiger partial charge < -0.3 is 10.6 Å². The summed E-state index contributed by atoms with van der Waals surface area (Å²) in [5, 5.41) is 5.06. The minimum Gasteiger partial charge on any atom is -0.398 e. The first-order valence-corrected chi connectivity index (χ1v) is 5.30. The fourth-order valence-electron chi connectivity index (χ4n) is 1.70. The van der Waals surface area contributed by atoms with Crippen LogP contribution < -0.4 is 10.6 Å². The van der Waals surface area contributed by atoms with Gasteiger partial charge in [0.2, 0.25) is 0 Å². The Labute approximate surface area is 98.2 Å². The summed E-state index contributed by atoms with van der Waals surface area (Å²) in [5.41, 5.74) is 7.41. The van der Waals surface area contributed by atoms with Crippen LogP contribution in [0.4, 0.5) is 5.69 Å². The van der Waals surface area contributed by atoms with Crippen LogP contribution in [-0.2, 0) is 0 Å². The molecule has 0 atom stereocenters. The van der Waals surface area contributed by atoms with Gasteiger partial charge >= 0.3 is 0 Å². The Morgan fingerprint density at radius 3 is 2.65 bits per heavy atom. The number of fused-ring (bicyclic) bond motifs is 1. The van der Waals surface area contributed by atoms with E-state index in [1.54, 1.807) is 6.20 Å². The van der Waals surface area contributed by atoms with Crippen molar-refractivity contribution in [2.45, 2.75) is 0 Å². The van der Waals surface area contributed by atoms with Gasteiger partial charge in [0.05, 0.1) is 6.20 Å². The van der Waals surface area contributed by atoms with E-state index in [1.807, 2.05) is 48.5 Å². The van der Waals surface area contributed by atoms with Crippen molar-refractivity contribution < 1.29 is 4.84 Å². The summed E-state index contributed by atoms with van der Waals surface area (Å²) >= 11 is 0. The van der Waals surface area contributed by atoms with Gasteiger partial charge in [-0.3, -0.25) is 0 Å². The number of benzene rings is 2. The number of hydrogen-bond donors (Lipinski definition) is 1. The number of nitrogens with two attached hydrogens (primary N) is 1. The normalized spacial score (nSPS) is 10.6. The van der Waals surface area contributed by atoms with Crippen LogP contribution in [0.2, 0.25) is 0 Å². The number of para-hydroxylation sites is 1. The highest BCUT2D eigenvalue weighted by Gasteiger charge is 2.05. The van der Waals surface area contributed by atoms with Crippen molar-refractivity contribution in [3.8, 4) is 5.75 Å². The largest absolute Gasteiger partial charge is 0.398 e. The molecular weight excluding hydrogens is 214 g/mol. The van der Waals surface area contributed by atoms with Gasteiger partial charge in [-0.1, -0.05) is 29.1 Å². The fraction of sp³-hybridized carbons (Fsp3) is 0. The van der Waals surface area contributed by atoms with Crippen molar-refractivity contribution in [1.29, 1.82) is 0 Å². The zero-order valence-electron chi connectivity index (χ0n) is 9.08. The molecule has 0 aliphatic rings. The monoisotopic (exact) mass is 225 g/mol. The zero-order chi connectivity index (χ0) is 11.7. The maximum atomic E-state index is 5.85. The Bertz CT molecular complexity index is 646. The second kappa shape index (κ2) is 3.83. The van der Waals surface area contributed by atoms with Gasteiger partial charge in [-0.2, -0.15) is 0 Å². The van der Waals surface area contributed by atoms with E-state index in [0.717, 1.165) is 16.7 Å². The van der Waals surface area contributed by atoms with Gasteiger partial charge in [-0.05, 0) is 24.3 Å². The van der Waals surface area contributed by atoms with Gasteiger partial charge in [0.1, 0.15) is 5.52 Å². The number of anilines is 1. The molecule has 0 bridgehead atoms. The fourth-order valence-corrected chi connectivity index (χ4v) is 1.70. The molecule has 3 rings (SSSR count). The summed E-state index contributed by atoms with van der Waals surface area (Å²) in [6.45, 7) is 0. The highest BCUT2D eigenvalue weighted by molar-refractivity contribution is 5.89. The summed E-state index contributed by atoms with van der Waals surface area (Å²) in [4.78, 5) is 7.11. The third kappa shape index (κ3) is 1.69. The van der Waals surface area contributed by atoms with Crippen molar-refractivity contribution >= 4 is 16.6 Å². The van der Waals surface area contributed by atoms with Crippen molar-refractivity contribution in [2.75, 3.05) is 5.73 Å². The van der Waals surface area contributed by atoms with E-state index in [9.17, 15) is 0 Å². The molecule has 3 aromatic rings. The predicted octanol–water partition coefficient (Wildman–Crippen LogP) is 2.46. The Morgan fingerprint density at radius 1 is 1.00 bits per heavy atom. The molecule has 0 saturated carbocycles. The predicted molar refractivity (Wildman–Crippen MR) is 66.6 cm³/mol. The van der Waals surface area contributed by atoms with Crippen molar-refractivity contribution in [2.24, 2.45) is 0 Å². The van der Waals surface area contributed by atoms with E-state index >= 15 is 0 Å².